The lowest BCUT2D eigenvalue weighted by molar-refractivity contribution is 0.0551. The van der Waals surface area contributed by atoms with E-state index in [9.17, 15) is 9.59 Å². The summed E-state index contributed by atoms with van der Waals surface area (Å²) >= 11 is 0. The van der Waals surface area contributed by atoms with E-state index in [-0.39, 0.29) is 25.7 Å². The van der Waals surface area contributed by atoms with Crippen molar-refractivity contribution in [3.63, 3.8) is 0 Å². The third-order valence-electron chi connectivity index (χ3n) is 2.57. The Balaban J connectivity index is 2.69. The molecule has 2 amide bonds. The van der Waals surface area contributed by atoms with Gasteiger partial charge in [0.25, 0.3) is 0 Å². The zero-order chi connectivity index (χ0) is 12.3. The number of carbonyl (C=O) groups is 2. The Labute approximate surface area is 93.8 Å². The molecule has 0 spiro atoms. The van der Waals surface area contributed by atoms with Gasteiger partial charge < -0.3 is 24.9 Å². The molecule has 1 rings (SSSR count). The molecule has 1 fully saturated rings. The second-order valence-corrected chi connectivity index (χ2v) is 4.12. The smallest absolute Gasteiger partial charge is 0.407 e. The number of rotatable bonds is 2. The van der Waals surface area contributed by atoms with Gasteiger partial charge in [-0.15, -0.1) is 0 Å². The molecule has 0 aromatic heterocycles. The summed E-state index contributed by atoms with van der Waals surface area (Å²) in [4.78, 5) is 26.2. The Morgan fingerprint density at radius 1 is 1.25 bits per heavy atom. The minimum absolute atomic E-state index is 0.236. The summed E-state index contributed by atoms with van der Waals surface area (Å²) in [5.41, 5.74) is 0. The molecule has 1 saturated heterocycles. The highest BCUT2D eigenvalue weighted by atomic mass is 16.4. The topological polar surface area (TPSA) is 84.3 Å². The average molecular weight is 231 g/mol. The van der Waals surface area contributed by atoms with Gasteiger partial charge in [0, 0.05) is 26.2 Å². The van der Waals surface area contributed by atoms with Gasteiger partial charge in [-0.1, -0.05) is 0 Å². The summed E-state index contributed by atoms with van der Waals surface area (Å²) in [5, 5.41) is 17.8. The first-order valence-electron chi connectivity index (χ1n) is 5.04. The van der Waals surface area contributed by atoms with E-state index in [1.54, 1.807) is 0 Å². The minimum Gasteiger partial charge on any atom is -0.465 e. The molecule has 92 valence electrons. The maximum absolute atomic E-state index is 11.0. The van der Waals surface area contributed by atoms with Gasteiger partial charge >= 0.3 is 12.2 Å². The van der Waals surface area contributed by atoms with E-state index in [4.69, 9.17) is 10.2 Å². The number of hydrogen-bond donors (Lipinski definition) is 2. The number of hydrogen-bond acceptors (Lipinski definition) is 3. The second-order valence-electron chi connectivity index (χ2n) is 4.12. The lowest BCUT2D eigenvalue weighted by atomic mass is 10.1. The molecule has 2 N–H and O–H groups in total. The van der Waals surface area contributed by atoms with Gasteiger partial charge in [0.15, 0.2) is 0 Å². The van der Waals surface area contributed by atoms with Crippen LogP contribution in [-0.2, 0) is 0 Å². The van der Waals surface area contributed by atoms with Crippen molar-refractivity contribution >= 4 is 12.2 Å². The first-order valence-corrected chi connectivity index (χ1v) is 5.04. The molecule has 0 aliphatic carbocycles. The van der Waals surface area contributed by atoms with Crippen LogP contribution in [0.25, 0.3) is 0 Å². The molecule has 7 nitrogen and oxygen atoms in total. The molecule has 7 heteroatoms. The first kappa shape index (κ1) is 12.6. The molecule has 0 bridgehead atoms. The van der Waals surface area contributed by atoms with Crippen molar-refractivity contribution in [1.82, 2.24) is 14.7 Å². The molecule has 1 atom stereocenters. The highest BCUT2D eigenvalue weighted by Gasteiger charge is 2.32. The number of likely N-dealkylation sites (N-methyl/N-ethyl adjacent to an activating group) is 1. The fraction of sp³-hybridized carbons (Fsp3) is 0.778. The molecule has 0 saturated carbocycles. The third-order valence-corrected chi connectivity index (χ3v) is 2.57. The predicted octanol–water partition coefficient (Wildman–Crippen LogP) is -0.110. The molecular formula is C9H17N3O4. The van der Waals surface area contributed by atoms with Gasteiger partial charge in [-0.25, -0.2) is 9.59 Å². The van der Waals surface area contributed by atoms with Crippen molar-refractivity contribution in [2.45, 2.75) is 6.04 Å². The molecule has 0 aromatic rings. The Morgan fingerprint density at radius 2 is 1.88 bits per heavy atom. The normalized spacial score (nSPS) is 21.3. The highest BCUT2D eigenvalue weighted by molar-refractivity contribution is 5.68. The van der Waals surface area contributed by atoms with Gasteiger partial charge in [0.1, 0.15) is 0 Å². The number of piperazine rings is 1. The molecular weight excluding hydrogens is 214 g/mol. The van der Waals surface area contributed by atoms with Crippen molar-refractivity contribution in [2.24, 2.45) is 0 Å². The highest BCUT2D eigenvalue weighted by Crippen LogP contribution is 2.11. The van der Waals surface area contributed by atoms with Crippen molar-refractivity contribution in [3.05, 3.63) is 0 Å². The predicted molar refractivity (Wildman–Crippen MR) is 56.7 cm³/mol. The van der Waals surface area contributed by atoms with Gasteiger partial charge in [-0.3, -0.25) is 0 Å². The van der Waals surface area contributed by atoms with Crippen LogP contribution in [0.3, 0.4) is 0 Å². The summed E-state index contributed by atoms with van der Waals surface area (Å²) in [6.07, 6.45) is -1.98. The largest absolute Gasteiger partial charge is 0.465 e. The summed E-state index contributed by atoms with van der Waals surface area (Å²) in [6, 6.07) is -0.294. The van der Waals surface area contributed by atoms with Gasteiger partial charge in [-0.2, -0.15) is 0 Å². The monoisotopic (exact) mass is 231 g/mol. The van der Waals surface area contributed by atoms with E-state index in [0.717, 1.165) is 0 Å². The van der Waals surface area contributed by atoms with E-state index in [1.165, 1.54) is 9.80 Å². The quantitative estimate of drug-likeness (QED) is 0.692. The molecule has 0 radical (unpaired) electrons. The molecule has 16 heavy (non-hydrogen) atoms. The Hall–Kier alpha value is -1.50. The summed E-state index contributed by atoms with van der Waals surface area (Å²) in [5.74, 6) is 0. The molecule has 1 aliphatic rings. The van der Waals surface area contributed by atoms with Crippen LogP contribution < -0.4 is 0 Å². The van der Waals surface area contributed by atoms with Crippen LogP contribution in [0.15, 0.2) is 0 Å². The van der Waals surface area contributed by atoms with E-state index in [0.29, 0.717) is 6.54 Å². The van der Waals surface area contributed by atoms with Crippen molar-refractivity contribution in [2.75, 3.05) is 40.3 Å². The fourth-order valence-electron chi connectivity index (χ4n) is 1.86. The van der Waals surface area contributed by atoms with Gasteiger partial charge in [0.2, 0.25) is 0 Å². The Kier molecular flexibility index (Phi) is 3.94. The Morgan fingerprint density at radius 3 is 2.31 bits per heavy atom. The summed E-state index contributed by atoms with van der Waals surface area (Å²) in [6.45, 7) is 1.24. The number of nitrogens with zero attached hydrogens (tertiary/aromatic N) is 3. The first-order chi connectivity index (χ1) is 7.41. The van der Waals surface area contributed by atoms with Crippen molar-refractivity contribution < 1.29 is 19.8 Å². The lowest BCUT2D eigenvalue weighted by Crippen LogP contribution is -2.58. The third kappa shape index (κ3) is 2.99. The molecule has 1 aliphatic heterocycles. The van der Waals surface area contributed by atoms with Gasteiger partial charge in [0.05, 0.1) is 6.04 Å². The minimum atomic E-state index is -0.992. The molecule has 0 aromatic carbocycles. The maximum Gasteiger partial charge on any atom is 0.407 e. The molecule has 1 unspecified atom stereocenters. The van der Waals surface area contributed by atoms with Gasteiger partial charge in [-0.05, 0) is 14.1 Å². The summed E-state index contributed by atoms with van der Waals surface area (Å²) in [7, 11) is 3.67. The van der Waals surface area contributed by atoms with Crippen molar-refractivity contribution in [1.29, 1.82) is 0 Å². The zero-order valence-corrected chi connectivity index (χ0v) is 9.46. The SMILES string of the molecule is CN(C)CC1CN(C(=O)O)CCN1C(=O)O. The Bertz CT molecular complexity index is 282. The molecule has 1 heterocycles. The van der Waals surface area contributed by atoms with Crippen LogP contribution in [0.5, 0.6) is 0 Å². The summed E-state index contributed by atoms with van der Waals surface area (Å²) < 4.78 is 0. The van der Waals surface area contributed by atoms with Crippen LogP contribution in [0.1, 0.15) is 0 Å². The van der Waals surface area contributed by atoms with Crippen LogP contribution >= 0.6 is 0 Å². The van der Waals surface area contributed by atoms with Crippen LogP contribution in [0.4, 0.5) is 9.59 Å². The van der Waals surface area contributed by atoms with Crippen LogP contribution in [0, 0.1) is 0 Å². The van der Waals surface area contributed by atoms with Crippen LogP contribution in [0.2, 0.25) is 0 Å². The number of carboxylic acid groups (broad SMARTS) is 2. The second kappa shape index (κ2) is 5.02. The van der Waals surface area contributed by atoms with Crippen molar-refractivity contribution in [3.8, 4) is 0 Å². The van der Waals surface area contributed by atoms with E-state index >= 15 is 0 Å². The zero-order valence-electron chi connectivity index (χ0n) is 9.46. The maximum atomic E-state index is 11.0. The van der Waals surface area contributed by atoms with Crippen LogP contribution in [-0.4, -0.2) is 83.4 Å². The van der Waals surface area contributed by atoms with E-state index < -0.39 is 12.2 Å². The van der Waals surface area contributed by atoms with E-state index in [2.05, 4.69) is 0 Å². The fourth-order valence-corrected chi connectivity index (χ4v) is 1.86. The standard InChI is InChI=1S/C9H17N3O4/c1-10(2)5-7-6-11(8(13)14)3-4-12(7)9(15)16/h7H,3-6H2,1-2H3,(H,13,14)(H,15,16). The van der Waals surface area contributed by atoms with E-state index in [1.807, 2.05) is 19.0 Å². The lowest BCUT2D eigenvalue weighted by Gasteiger charge is -2.39. The number of amides is 2. The average Bonchev–Trinajstić information content (AvgIpc) is 2.15.